The molecule has 0 spiro atoms. The average Bonchev–Trinajstić information content (AvgIpc) is 3.06. The fourth-order valence-electron chi connectivity index (χ4n) is 1.92. The van der Waals surface area contributed by atoms with Crippen molar-refractivity contribution in [3.8, 4) is 0 Å². The molecule has 1 aliphatic carbocycles. The normalized spacial score (nSPS) is 16.5. The van der Waals surface area contributed by atoms with Gasteiger partial charge in [-0.2, -0.15) is 0 Å². The minimum absolute atomic E-state index is 0.137. The van der Waals surface area contributed by atoms with Crippen LogP contribution in [0.3, 0.4) is 0 Å². The van der Waals surface area contributed by atoms with Crippen molar-refractivity contribution >= 4 is 18.0 Å². The molecule has 0 aliphatic heterocycles. The molecule has 0 aromatic heterocycles. The topological polar surface area (TPSA) is 116 Å². The average molecular weight is 272 g/mol. The third-order valence-corrected chi connectivity index (χ3v) is 3.28. The Kier molecular flexibility index (Phi) is 4.74. The van der Waals surface area contributed by atoms with Crippen LogP contribution in [-0.2, 0) is 9.59 Å². The van der Waals surface area contributed by atoms with Gasteiger partial charge in [0.2, 0.25) is 0 Å². The van der Waals surface area contributed by atoms with Crippen LogP contribution < -0.4 is 10.6 Å². The van der Waals surface area contributed by atoms with Crippen molar-refractivity contribution in [2.45, 2.75) is 51.1 Å². The van der Waals surface area contributed by atoms with E-state index in [9.17, 15) is 14.4 Å². The van der Waals surface area contributed by atoms with Crippen LogP contribution in [0, 0.1) is 5.92 Å². The summed E-state index contributed by atoms with van der Waals surface area (Å²) in [6, 6.07) is -1.76. The lowest BCUT2D eigenvalue weighted by Gasteiger charge is -2.27. The predicted octanol–water partition coefficient (Wildman–Crippen LogP) is 0.792. The van der Waals surface area contributed by atoms with Gasteiger partial charge in [0.05, 0.1) is 0 Å². The van der Waals surface area contributed by atoms with Crippen molar-refractivity contribution in [1.82, 2.24) is 10.6 Å². The molecule has 108 valence electrons. The maximum absolute atomic E-state index is 11.7. The Hall–Kier alpha value is -1.79. The second-order valence-corrected chi connectivity index (χ2v) is 5.42. The Morgan fingerprint density at radius 2 is 1.84 bits per heavy atom. The van der Waals surface area contributed by atoms with E-state index in [1.807, 2.05) is 13.8 Å². The van der Waals surface area contributed by atoms with Crippen LogP contribution in [0.5, 0.6) is 0 Å². The summed E-state index contributed by atoms with van der Waals surface area (Å²) in [6.07, 6.45) is 1.66. The number of hydrogen-bond acceptors (Lipinski definition) is 3. The smallest absolute Gasteiger partial charge is 0.326 e. The molecule has 0 bridgehead atoms. The van der Waals surface area contributed by atoms with Gasteiger partial charge in [0.15, 0.2) is 0 Å². The lowest BCUT2D eigenvalue weighted by Crippen LogP contribution is -2.53. The fourth-order valence-corrected chi connectivity index (χ4v) is 1.92. The molecule has 0 aromatic carbocycles. The highest BCUT2D eigenvalue weighted by molar-refractivity contribution is 5.83. The van der Waals surface area contributed by atoms with Gasteiger partial charge in [0.1, 0.15) is 6.04 Å². The van der Waals surface area contributed by atoms with Crippen molar-refractivity contribution in [2.75, 3.05) is 0 Å². The minimum atomic E-state index is -1.24. The van der Waals surface area contributed by atoms with Crippen LogP contribution in [0.4, 0.5) is 4.79 Å². The van der Waals surface area contributed by atoms with E-state index in [-0.39, 0.29) is 18.4 Å². The van der Waals surface area contributed by atoms with E-state index in [0.717, 1.165) is 12.8 Å². The molecule has 0 saturated heterocycles. The predicted molar refractivity (Wildman–Crippen MR) is 66.8 cm³/mol. The lowest BCUT2D eigenvalue weighted by atomic mass is 9.99. The fraction of sp³-hybridized carbons (Fsp3) is 0.750. The molecule has 4 N–H and O–H groups in total. The highest BCUT2D eigenvalue weighted by Crippen LogP contribution is 2.39. The molecular weight excluding hydrogens is 252 g/mol. The van der Waals surface area contributed by atoms with E-state index in [1.54, 1.807) is 0 Å². The molecule has 7 heteroatoms. The summed E-state index contributed by atoms with van der Waals surface area (Å²) in [4.78, 5) is 33.1. The van der Waals surface area contributed by atoms with Gasteiger partial charge in [0.25, 0.3) is 0 Å². The molecule has 2 amide bonds. The highest BCUT2D eigenvalue weighted by Gasteiger charge is 2.39. The summed E-state index contributed by atoms with van der Waals surface area (Å²) < 4.78 is 0. The second-order valence-electron chi connectivity index (χ2n) is 5.42. The first-order valence-electron chi connectivity index (χ1n) is 6.25. The van der Waals surface area contributed by atoms with Gasteiger partial charge < -0.3 is 20.8 Å². The van der Waals surface area contributed by atoms with E-state index in [1.165, 1.54) is 0 Å². The van der Waals surface area contributed by atoms with Crippen molar-refractivity contribution in [3.63, 3.8) is 0 Å². The molecule has 1 unspecified atom stereocenters. The van der Waals surface area contributed by atoms with Crippen LogP contribution in [0.2, 0.25) is 0 Å². The molecule has 1 aliphatic rings. The molecule has 1 atom stereocenters. The number of amides is 2. The number of rotatable bonds is 7. The van der Waals surface area contributed by atoms with Gasteiger partial charge in [-0.15, -0.1) is 0 Å². The maximum atomic E-state index is 11.7. The SMILES string of the molecule is CC(C)(NC(=O)NC(CCC(=O)O)C(=O)O)C1CC1. The number of urea groups is 1. The van der Waals surface area contributed by atoms with Gasteiger partial charge in [-0.1, -0.05) is 0 Å². The van der Waals surface area contributed by atoms with E-state index in [4.69, 9.17) is 10.2 Å². The Balaban J connectivity index is 2.46. The lowest BCUT2D eigenvalue weighted by molar-refractivity contribution is -0.140. The molecule has 0 radical (unpaired) electrons. The summed E-state index contributed by atoms with van der Waals surface area (Å²) in [5, 5.41) is 22.5. The van der Waals surface area contributed by atoms with E-state index >= 15 is 0 Å². The molecule has 1 saturated carbocycles. The summed E-state index contributed by atoms with van der Waals surface area (Å²) in [5.41, 5.74) is -0.375. The Bertz CT molecular complexity index is 376. The summed E-state index contributed by atoms with van der Waals surface area (Å²) in [5.74, 6) is -1.91. The number of hydrogen-bond donors (Lipinski definition) is 4. The molecule has 0 heterocycles. The Labute approximate surface area is 111 Å². The third kappa shape index (κ3) is 5.15. The van der Waals surface area contributed by atoms with Crippen molar-refractivity contribution in [3.05, 3.63) is 0 Å². The van der Waals surface area contributed by atoms with Gasteiger partial charge in [-0.3, -0.25) is 4.79 Å². The minimum Gasteiger partial charge on any atom is -0.481 e. The largest absolute Gasteiger partial charge is 0.481 e. The van der Waals surface area contributed by atoms with Crippen molar-refractivity contribution < 1.29 is 24.6 Å². The first-order chi connectivity index (χ1) is 8.72. The first kappa shape index (κ1) is 15.3. The number of carboxylic acid groups (broad SMARTS) is 2. The number of carboxylic acids is 2. The number of aliphatic carboxylic acids is 2. The van der Waals surface area contributed by atoms with Crippen LogP contribution in [-0.4, -0.2) is 39.8 Å². The standard InChI is InChI=1S/C12H20N2O5/c1-12(2,7-3-4-7)14-11(19)13-8(10(17)18)5-6-9(15)16/h7-8H,3-6H2,1-2H3,(H,15,16)(H,17,18)(H2,13,14,19). The molecule has 19 heavy (non-hydrogen) atoms. The number of carbonyl (C=O) groups is 3. The zero-order valence-electron chi connectivity index (χ0n) is 11.1. The summed E-state index contributed by atoms with van der Waals surface area (Å²) >= 11 is 0. The van der Waals surface area contributed by atoms with Gasteiger partial charge in [-0.05, 0) is 39.0 Å². The first-order valence-corrected chi connectivity index (χ1v) is 6.25. The quantitative estimate of drug-likeness (QED) is 0.547. The van der Waals surface area contributed by atoms with Crippen molar-refractivity contribution in [1.29, 1.82) is 0 Å². The van der Waals surface area contributed by atoms with E-state index in [2.05, 4.69) is 10.6 Å². The van der Waals surface area contributed by atoms with Crippen LogP contribution in [0.15, 0.2) is 0 Å². The van der Waals surface area contributed by atoms with E-state index < -0.39 is 24.0 Å². The molecular formula is C12H20N2O5. The highest BCUT2D eigenvalue weighted by atomic mass is 16.4. The van der Waals surface area contributed by atoms with Gasteiger partial charge >= 0.3 is 18.0 Å². The van der Waals surface area contributed by atoms with Crippen LogP contribution in [0.1, 0.15) is 39.5 Å². The maximum Gasteiger partial charge on any atom is 0.326 e. The monoisotopic (exact) mass is 272 g/mol. The molecule has 0 aromatic rings. The third-order valence-electron chi connectivity index (χ3n) is 3.28. The summed E-state index contributed by atoms with van der Waals surface area (Å²) in [7, 11) is 0. The number of carbonyl (C=O) groups excluding carboxylic acids is 1. The summed E-state index contributed by atoms with van der Waals surface area (Å²) in [6.45, 7) is 3.77. The van der Waals surface area contributed by atoms with Crippen LogP contribution in [0.25, 0.3) is 0 Å². The Morgan fingerprint density at radius 3 is 2.26 bits per heavy atom. The zero-order chi connectivity index (χ0) is 14.6. The van der Waals surface area contributed by atoms with Gasteiger partial charge in [-0.25, -0.2) is 9.59 Å². The molecule has 7 nitrogen and oxygen atoms in total. The molecule has 1 rings (SSSR count). The zero-order valence-corrected chi connectivity index (χ0v) is 11.1. The van der Waals surface area contributed by atoms with Gasteiger partial charge in [0, 0.05) is 12.0 Å². The van der Waals surface area contributed by atoms with E-state index in [0.29, 0.717) is 5.92 Å². The van der Waals surface area contributed by atoms with Crippen molar-refractivity contribution in [2.24, 2.45) is 5.92 Å². The Morgan fingerprint density at radius 1 is 1.26 bits per heavy atom. The molecule has 1 fully saturated rings. The number of nitrogens with one attached hydrogen (secondary N) is 2. The second kappa shape index (κ2) is 5.90. The van der Waals surface area contributed by atoms with Crippen LogP contribution >= 0.6 is 0 Å².